The van der Waals surface area contributed by atoms with Crippen LogP contribution in [0.1, 0.15) is 39.5 Å². The van der Waals surface area contributed by atoms with Crippen molar-refractivity contribution < 1.29 is 27.4 Å². The van der Waals surface area contributed by atoms with Gasteiger partial charge in [0.15, 0.2) is 0 Å². The van der Waals surface area contributed by atoms with E-state index in [1.165, 1.54) is 22.1 Å². The quantitative estimate of drug-likeness (QED) is 0.253. The van der Waals surface area contributed by atoms with E-state index in [0.29, 0.717) is 36.2 Å². The Morgan fingerprint density at radius 1 is 1.26 bits per heavy atom. The van der Waals surface area contributed by atoms with Gasteiger partial charge in [-0.2, -0.15) is 8.70 Å². The van der Waals surface area contributed by atoms with Crippen LogP contribution in [0, 0.1) is 0 Å². The van der Waals surface area contributed by atoms with Gasteiger partial charge in [-0.05, 0) is 37.3 Å². The second-order valence-electron chi connectivity index (χ2n) is 8.44. The molecular formula is C25H31FN2O5S2. The molecule has 1 unspecified atom stereocenters. The maximum Gasteiger partial charge on any atom is 0.368 e. The molecule has 1 atom stereocenters. The van der Waals surface area contributed by atoms with Gasteiger partial charge in [0.2, 0.25) is 15.9 Å². The molecule has 2 aromatic carbocycles. The standard InChI is InChI=1S/C25H31FN2O5S2/c1-5-7-13-25(6-2)17-28(18-11-9-8-10-12-18)20-14-22(34-4)21(33-16-19(26)24(29)30)15-23(20)35(31,32)27(25)3/h8-12,14-16H,5-7,13,17H2,1-4H3,(H,29,30)/b19-16-. The largest absolute Gasteiger partial charge is 0.476 e. The Hall–Kier alpha value is -2.56. The van der Waals surface area contributed by atoms with E-state index >= 15 is 0 Å². The summed E-state index contributed by atoms with van der Waals surface area (Å²) >= 11 is 1.29. The molecule has 2 aromatic rings. The van der Waals surface area contributed by atoms with E-state index < -0.39 is 27.4 Å². The smallest absolute Gasteiger partial charge is 0.368 e. The topological polar surface area (TPSA) is 87.1 Å². The third-order valence-electron chi connectivity index (χ3n) is 6.51. The van der Waals surface area contributed by atoms with Crippen LogP contribution in [0.15, 0.2) is 64.3 Å². The second kappa shape index (κ2) is 11.0. The fraction of sp³-hybridized carbons (Fsp3) is 0.400. The predicted octanol–water partition coefficient (Wildman–Crippen LogP) is 5.79. The first kappa shape index (κ1) is 27.0. The lowest BCUT2D eigenvalue weighted by molar-refractivity contribution is -0.134. The molecule has 190 valence electrons. The Labute approximate surface area is 210 Å². The Kier molecular flexibility index (Phi) is 8.50. The predicted molar refractivity (Wildman–Crippen MR) is 137 cm³/mol. The van der Waals surface area contributed by atoms with Crippen LogP contribution < -0.4 is 9.64 Å². The van der Waals surface area contributed by atoms with Gasteiger partial charge in [-0.25, -0.2) is 13.2 Å². The van der Waals surface area contributed by atoms with Crippen molar-refractivity contribution in [3.63, 3.8) is 0 Å². The molecule has 1 N–H and O–H groups in total. The molecule has 0 aliphatic carbocycles. The monoisotopic (exact) mass is 522 g/mol. The number of ether oxygens (including phenoxy) is 1. The van der Waals surface area contributed by atoms with Gasteiger partial charge in [-0.3, -0.25) is 0 Å². The number of likely N-dealkylation sites (N-methyl/N-ethyl adjacent to an activating group) is 1. The molecule has 35 heavy (non-hydrogen) atoms. The first-order valence-electron chi connectivity index (χ1n) is 11.4. The maximum atomic E-state index is 14.0. The summed E-state index contributed by atoms with van der Waals surface area (Å²) in [6, 6.07) is 12.7. The number of unbranched alkanes of at least 4 members (excludes halogenated alkanes) is 1. The summed E-state index contributed by atoms with van der Waals surface area (Å²) in [5.41, 5.74) is 0.694. The van der Waals surface area contributed by atoms with Crippen molar-refractivity contribution in [2.45, 2.75) is 54.9 Å². The minimum Gasteiger partial charge on any atom is -0.476 e. The van der Waals surface area contributed by atoms with Gasteiger partial charge in [0.05, 0.1) is 16.1 Å². The van der Waals surface area contributed by atoms with Gasteiger partial charge in [0, 0.05) is 25.3 Å². The Morgan fingerprint density at radius 2 is 1.94 bits per heavy atom. The van der Waals surface area contributed by atoms with E-state index in [1.54, 1.807) is 19.4 Å². The number of sulfonamides is 1. The van der Waals surface area contributed by atoms with Gasteiger partial charge in [0.25, 0.3) is 0 Å². The van der Waals surface area contributed by atoms with Crippen molar-refractivity contribution in [3.05, 3.63) is 54.6 Å². The Balaban J connectivity index is 2.29. The zero-order valence-corrected chi connectivity index (χ0v) is 22.0. The highest BCUT2D eigenvalue weighted by molar-refractivity contribution is 7.98. The lowest BCUT2D eigenvalue weighted by Crippen LogP contribution is -2.53. The summed E-state index contributed by atoms with van der Waals surface area (Å²) in [6.07, 6.45) is 5.38. The molecule has 0 fully saturated rings. The van der Waals surface area contributed by atoms with Crippen molar-refractivity contribution in [2.24, 2.45) is 0 Å². The van der Waals surface area contributed by atoms with Crippen LogP contribution in [0.25, 0.3) is 0 Å². The van der Waals surface area contributed by atoms with E-state index in [9.17, 15) is 17.6 Å². The summed E-state index contributed by atoms with van der Waals surface area (Å²) in [7, 11) is -2.37. The van der Waals surface area contributed by atoms with Crippen molar-refractivity contribution in [1.29, 1.82) is 0 Å². The van der Waals surface area contributed by atoms with Gasteiger partial charge >= 0.3 is 5.97 Å². The van der Waals surface area contributed by atoms with Crippen molar-refractivity contribution in [3.8, 4) is 5.75 Å². The number of carboxylic acids is 1. The zero-order valence-electron chi connectivity index (χ0n) is 20.3. The molecule has 1 aliphatic rings. The minimum absolute atomic E-state index is 0.0209. The summed E-state index contributed by atoms with van der Waals surface area (Å²) in [4.78, 5) is 13.4. The molecular weight excluding hydrogens is 491 g/mol. The van der Waals surface area contributed by atoms with E-state index in [4.69, 9.17) is 9.84 Å². The maximum absolute atomic E-state index is 14.0. The number of rotatable bonds is 9. The lowest BCUT2D eigenvalue weighted by atomic mass is 9.88. The summed E-state index contributed by atoms with van der Waals surface area (Å²) in [6.45, 7) is 4.54. The molecule has 0 radical (unpaired) electrons. The van der Waals surface area contributed by atoms with Crippen LogP contribution in [0.5, 0.6) is 5.75 Å². The first-order valence-corrected chi connectivity index (χ1v) is 14.1. The lowest BCUT2D eigenvalue weighted by Gasteiger charge is -2.41. The van der Waals surface area contributed by atoms with E-state index in [2.05, 4.69) is 6.92 Å². The molecule has 3 rings (SSSR count). The molecule has 0 bridgehead atoms. The number of carboxylic acid groups (broad SMARTS) is 1. The van der Waals surface area contributed by atoms with Crippen molar-refractivity contribution in [1.82, 2.24) is 4.31 Å². The molecule has 10 heteroatoms. The SMILES string of the molecule is CCCCC1(CC)CN(c2ccccc2)c2cc(SC)c(O/C=C(\F)C(=O)O)cc2S(=O)(=O)N1C. The molecule has 0 spiro atoms. The fourth-order valence-electron chi connectivity index (χ4n) is 4.34. The van der Waals surface area contributed by atoms with Crippen molar-refractivity contribution in [2.75, 3.05) is 24.7 Å². The number of aliphatic carboxylic acids is 1. The van der Waals surface area contributed by atoms with Gasteiger partial charge < -0.3 is 14.7 Å². The molecule has 0 saturated carbocycles. The average Bonchev–Trinajstić information content (AvgIpc) is 2.93. The number of hydrogen-bond donors (Lipinski definition) is 1. The van der Waals surface area contributed by atoms with Crippen LogP contribution in [-0.4, -0.2) is 49.2 Å². The summed E-state index contributed by atoms with van der Waals surface area (Å²) in [5.74, 6) is -3.19. The number of benzene rings is 2. The van der Waals surface area contributed by atoms with Crippen LogP contribution in [0.2, 0.25) is 0 Å². The normalized spacial score (nSPS) is 20.3. The Morgan fingerprint density at radius 3 is 2.51 bits per heavy atom. The number of halogens is 1. The van der Waals surface area contributed by atoms with Gasteiger partial charge in [0.1, 0.15) is 16.9 Å². The molecule has 0 saturated heterocycles. The van der Waals surface area contributed by atoms with Gasteiger partial charge in [-0.1, -0.05) is 44.9 Å². The van der Waals surface area contributed by atoms with E-state index in [-0.39, 0.29) is 10.6 Å². The minimum atomic E-state index is -3.98. The second-order valence-corrected chi connectivity index (χ2v) is 11.2. The molecule has 0 aromatic heterocycles. The number of para-hydroxylation sites is 1. The van der Waals surface area contributed by atoms with Crippen LogP contribution in [0.3, 0.4) is 0 Å². The summed E-state index contributed by atoms with van der Waals surface area (Å²) < 4.78 is 48.4. The third-order valence-corrected chi connectivity index (χ3v) is 9.26. The van der Waals surface area contributed by atoms with Crippen LogP contribution in [-0.2, 0) is 14.8 Å². The molecule has 7 nitrogen and oxygen atoms in total. The van der Waals surface area contributed by atoms with Crippen LogP contribution in [0.4, 0.5) is 15.8 Å². The number of thioether (sulfide) groups is 1. The third kappa shape index (κ3) is 5.34. The highest BCUT2D eigenvalue weighted by atomic mass is 32.2. The fourth-order valence-corrected chi connectivity index (χ4v) is 6.65. The van der Waals surface area contributed by atoms with Crippen molar-refractivity contribution >= 4 is 39.1 Å². The Bertz CT molecular complexity index is 1200. The highest BCUT2D eigenvalue weighted by Crippen LogP contribution is 2.46. The zero-order chi connectivity index (χ0) is 25.8. The number of anilines is 2. The van der Waals surface area contributed by atoms with Crippen LogP contribution >= 0.6 is 11.8 Å². The average molecular weight is 523 g/mol. The number of carbonyl (C=O) groups is 1. The van der Waals surface area contributed by atoms with E-state index in [1.807, 2.05) is 42.2 Å². The highest BCUT2D eigenvalue weighted by Gasteiger charge is 2.46. The number of fused-ring (bicyclic) bond motifs is 1. The number of hydrogen-bond acceptors (Lipinski definition) is 6. The molecule has 1 aliphatic heterocycles. The molecule has 0 amide bonds. The molecule has 1 heterocycles. The van der Waals surface area contributed by atoms with Gasteiger partial charge in [-0.15, -0.1) is 11.8 Å². The number of nitrogens with zero attached hydrogens (tertiary/aromatic N) is 2. The van der Waals surface area contributed by atoms with E-state index in [0.717, 1.165) is 18.5 Å². The summed E-state index contributed by atoms with van der Waals surface area (Å²) in [5, 5.41) is 8.81. The first-order chi connectivity index (χ1) is 16.6.